The molecule has 1 aliphatic carbocycles. The lowest BCUT2D eigenvalue weighted by Gasteiger charge is -2.33. The van der Waals surface area contributed by atoms with Crippen molar-refractivity contribution in [3.63, 3.8) is 0 Å². The molecule has 0 bridgehead atoms. The molecule has 2 aromatic rings. The van der Waals surface area contributed by atoms with Crippen LogP contribution in [0.1, 0.15) is 39.0 Å². The van der Waals surface area contributed by atoms with Crippen LogP contribution in [0.3, 0.4) is 0 Å². The number of nitrogens with zero attached hydrogens (tertiary/aromatic N) is 2. The number of rotatable bonds is 2. The van der Waals surface area contributed by atoms with Crippen LogP contribution in [-0.2, 0) is 6.54 Å². The fourth-order valence-corrected chi connectivity index (χ4v) is 3.53. The van der Waals surface area contributed by atoms with Crippen LogP contribution in [0.5, 0.6) is 0 Å². The highest BCUT2D eigenvalue weighted by atomic mass is 35.5. The molecule has 2 aromatic heterocycles. The van der Waals surface area contributed by atoms with Crippen molar-refractivity contribution in [1.82, 2.24) is 14.5 Å². The third kappa shape index (κ3) is 2.56. The summed E-state index contributed by atoms with van der Waals surface area (Å²) in [5.41, 5.74) is 2.19. The van der Waals surface area contributed by atoms with Crippen LogP contribution in [-0.4, -0.2) is 14.5 Å². The van der Waals surface area contributed by atoms with E-state index in [1.807, 2.05) is 6.07 Å². The van der Waals surface area contributed by atoms with Crippen molar-refractivity contribution in [2.45, 2.75) is 45.6 Å². The smallest absolute Gasteiger partial charge is 0.179 e. The highest BCUT2D eigenvalue weighted by molar-refractivity contribution is 7.71. The molecule has 0 spiro atoms. The number of hydrogen-bond donors (Lipinski definition) is 1. The summed E-state index contributed by atoms with van der Waals surface area (Å²) < 4.78 is 2.88. The first-order valence-electron chi connectivity index (χ1n) is 6.82. The second-order valence-electron chi connectivity index (χ2n) is 5.91. The van der Waals surface area contributed by atoms with E-state index in [2.05, 4.69) is 21.5 Å². The average molecular weight is 296 g/mol. The lowest BCUT2D eigenvalue weighted by molar-refractivity contribution is 0.184. The zero-order valence-corrected chi connectivity index (χ0v) is 12.7. The SMILES string of the molecule is CC1(Cn2c(=S)[nH]c3cc(Cl)cnc32)CCCCC1. The van der Waals surface area contributed by atoms with Crippen molar-refractivity contribution in [3.8, 4) is 0 Å². The van der Waals surface area contributed by atoms with Gasteiger partial charge in [-0.1, -0.05) is 37.8 Å². The second-order valence-corrected chi connectivity index (χ2v) is 6.74. The molecule has 0 radical (unpaired) electrons. The molecule has 5 heteroatoms. The van der Waals surface area contributed by atoms with Gasteiger partial charge >= 0.3 is 0 Å². The Morgan fingerprint density at radius 3 is 2.89 bits per heavy atom. The van der Waals surface area contributed by atoms with Crippen molar-refractivity contribution in [3.05, 3.63) is 22.1 Å². The summed E-state index contributed by atoms with van der Waals surface area (Å²) in [7, 11) is 0. The summed E-state index contributed by atoms with van der Waals surface area (Å²) in [4.78, 5) is 7.64. The van der Waals surface area contributed by atoms with Crippen LogP contribution in [0.25, 0.3) is 11.2 Å². The third-order valence-corrected chi connectivity index (χ3v) is 4.71. The van der Waals surface area contributed by atoms with E-state index in [9.17, 15) is 0 Å². The Morgan fingerprint density at radius 1 is 1.42 bits per heavy atom. The second kappa shape index (κ2) is 4.91. The van der Waals surface area contributed by atoms with Gasteiger partial charge in [-0.25, -0.2) is 4.98 Å². The number of H-pyrrole nitrogens is 1. The van der Waals surface area contributed by atoms with Crippen molar-refractivity contribution >= 4 is 35.0 Å². The van der Waals surface area contributed by atoms with Gasteiger partial charge in [0.05, 0.1) is 10.5 Å². The number of halogens is 1. The highest BCUT2D eigenvalue weighted by Crippen LogP contribution is 2.37. The quantitative estimate of drug-likeness (QED) is 0.814. The first kappa shape index (κ1) is 13.1. The first-order chi connectivity index (χ1) is 9.07. The van der Waals surface area contributed by atoms with Crippen molar-refractivity contribution in [2.24, 2.45) is 5.41 Å². The molecular weight excluding hydrogens is 278 g/mol. The van der Waals surface area contributed by atoms with E-state index in [0.717, 1.165) is 22.5 Å². The molecule has 0 atom stereocenters. The minimum absolute atomic E-state index is 0.340. The molecule has 2 heterocycles. The Labute approximate surface area is 123 Å². The van der Waals surface area contributed by atoms with Gasteiger partial charge in [0.15, 0.2) is 10.4 Å². The van der Waals surface area contributed by atoms with E-state index in [1.165, 1.54) is 32.1 Å². The lowest BCUT2D eigenvalue weighted by atomic mass is 9.75. The summed E-state index contributed by atoms with van der Waals surface area (Å²) >= 11 is 11.4. The molecule has 0 unspecified atom stereocenters. The Balaban J connectivity index is 2.00. The van der Waals surface area contributed by atoms with Gasteiger partial charge in [-0.3, -0.25) is 0 Å². The number of nitrogens with one attached hydrogen (secondary N) is 1. The monoisotopic (exact) mass is 295 g/mol. The zero-order chi connectivity index (χ0) is 13.5. The Hall–Kier alpha value is -0.870. The number of aromatic amines is 1. The van der Waals surface area contributed by atoms with Gasteiger partial charge in [-0.05, 0) is 36.5 Å². The molecule has 3 rings (SSSR count). The molecule has 19 heavy (non-hydrogen) atoms. The normalized spacial score (nSPS) is 18.8. The van der Waals surface area contributed by atoms with Crippen LogP contribution in [0.2, 0.25) is 5.02 Å². The van der Waals surface area contributed by atoms with E-state index < -0.39 is 0 Å². The van der Waals surface area contributed by atoms with Crippen molar-refractivity contribution < 1.29 is 0 Å². The van der Waals surface area contributed by atoms with Crippen molar-refractivity contribution in [2.75, 3.05) is 0 Å². The summed E-state index contributed by atoms with van der Waals surface area (Å²) in [6.07, 6.45) is 8.25. The van der Waals surface area contributed by atoms with Gasteiger partial charge in [0.1, 0.15) is 0 Å². The molecule has 0 aliphatic heterocycles. The molecular formula is C14H18ClN3S. The van der Waals surface area contributed by atoms with Gasteiger partial charge in [0.25, 0.3) is 0 Å². The summed E-state index contributed by atoms with van der Waals surface area (Å²) in [6, 6.07) is 1.89. The summed E-state index contributed by atoms with van der Waals surface area (Å²) in [5, 5.41) is 0.639. The standard InChI is InChI=1S/C14H18ClN3S/c1-14(5-3-2-4-6-14)9-18-12-11(17-13(18)19)7-10(15)8-16-12/h7-8H,2-6,9H2,1H3,(H,17,19). The summed E-state index contributed by atoms with van der Waals surface area (Å²) in [6.45, 7) is 3.31. The predicted molar refractivity (Wildman–Crippen MR) is 81.1 cm³/mol. The molecule has 3 nitrogen and oxygen atoms in total. The van der Waals surface area contributed by atoms with E-state index in [4.69, 9.17) is 23.8 Å². The number of imidazole rings is 1. The molecule has 1 fully saturated rings. The number of fused-ring (bicyclic) bond motifs is 1. The fourth-order valence-electron chi connectivity index (χ4n) is 3.11. The van der Waals surface area contributed by atoms with Gasteiger partial charge in [-0.15, -0.1) is 0 Å². The van der Waals surface area contributed by atoms with E-state index in [-0.39, 0.29) is 0 Å². The topological polar surface area (TPSA) is 33.6 Å². The predicted octanol–water partition coefficient (Wildman–Crippen LogP) is 4.72. The minimum atomic E-state index is 0.340. The summed E-state index contributed by atoms with van der Waals surface area (Å²) in [5.74, 6) is 0. The molecule has 0 aromatic carbocycles. The number of pyridine rings is 1. The number of aromatic nitrogens is 3. The minimum Gasteiger partial charge on any atom is -0.329 e. The average Bonchev–Trinajstić information content (AvgIpc) is 2.65. The molecule has 1 N–H and O–H groups in total. The Bertz CT molecular complexity index is 652. The van der Waals surface area contributed by atoms with E-state index >= 15 is 0 Å². The highest BCUT2D eigenvalue weighted by Gasteiger charge is 2.28. The molecule has 1 aliphatic rings. The fraction of sp³-hybridized carbons (Fsp3) is 0.571. The Morgan fingerprint density at radius 2 is 2.16 bits per heavy atom. The third-order valence-electron chi connectivity index (χ3n) is 4.18. The van der Waals surface area contributed by atoms with E-state index in [1.54, 1.807) is 6.20 Å². The maximum Gasteiger partial charge on any atom is 0.179 e. The van der Waals surface area contributed by atoms with Gasteiger partial charge in [0, 0.05) is 12.7 Å². The zero-order valence-electron chi connectivity index (χ0n) is 11.1. The van der Waals surface area contributed by atoms with Crippen LogP contribution in [0.4, 0.5) is 0 Å². The maximum absolute atomic E-state index is 5.97. The molecule has 0 saturated heterocycles. The molecule has 102 valence electrons. The Kier molecular flexibility index (Phi) is 3.39. The number of hydrogen-bond acceptors (Lipinski definition) is 2. The van der Waals surface area contributed by atoms with Gasteiger partial charge in [0.2, 0.25) is 0 Å². The lowest BCUT2D eigenvalue weighted by Crippen LogP contribution is -2.26. The van der Waals surface area contributed by atoms with Crippen molar-refractivity contribution in [1.29, 1.82) is 0 Å². The van der Waals surface area contributed by atoms with Gasteiger partial charge in [-0.2, -0.15) is 0 Å². The molecule has 0 amide bonds. The largest absolute Gasteiger partial charge is 0.329 e. The van der Waals surface area contributed by atoms with Gasteiger partial charge < -0.3 is 9.55 Å². The van der Waals surface area contributed by atoms with E-state index in [0.29, 0.717) is 10.4 Å². The molecule has 1 saturated carbocycles. The van der Waals surface area contributed by atoms with Crippen LogP contribution < -0.4 is 0 Å². The van der Waals surface area contributed by atoms with Crippen LogP contribution in [0, 0.1) is 10.2 Å². The van der Waals surface area contributed by atoms with Crippen LogP contribution >= 0.6 is 23.8 Å². The van der Waals surface area contributed by atoms with Crippen LogP contribution in [0.15, 0.2) is 12.3 Å². The first-order valence-corrected chi connectivity index (χ1v) is 7.60. The maximum atomic E-state index is 5.97.